The summed E-state index contributed by atoms with van der Waals surface area (Å²) in [6.07, 6.45) is 3.77. The van der Waals surface area contributed by atoms with E-state index in [0.29, 0.717) is 18.7 Å². The molecule has 0 bridgehead atoms. The van der Waals surface area contributed by atoms with E-state index in [2.05, 4.69) is 5.32 Å². The minimum Gasteiger partial charge on any atom is -0.349 e. The summed E-state index contributed by atoms with van der Waals surface area (Å²) in [5.74, 6) is 0.00161. The van der Waals surface area contributed by atoms with Crippen molar-refractivity contribution in [3.05, 3.63) is 28.8 Å². The van der Waals surface area contributed by atoms with Crippen molar-refractivity contribution < 1.29 is 13.2 Å². The van der Waals surface area contributed by atoms with E-state index < -0.39 is 10.0 Å². The van der Waals surface area contributed by atoms with Gasteiger partial charge in [0.1, 0.15) is 4.90 Å². The Morgan fingerprint density at radius 3 is 2.28 bits per heavy atom. The molecule has 1 heterocycles. The van der Waals surface area contributed by atoms with Gasteiger partial charge in [-0.15, -0.1) is 0 Å². The Bertz CT molecular complexity index is 711. The van der Waals surface area contributed by atoms with E-state index in [1.165, 1.54) is 16.4 Å². The van der Waals surface area contributed by atoms with Crippen LogP contribution in [-0.4, -0.2) is 37.8 Å². The van der Waals surface area contributed by atoms with E-state index in [9.17, 15) is 13.2 Å². The molecule has 0 aliphatic carbocycles. The van der Waals surface area contributed by atoms with Crippen molar-refractivity contribution in [2.45, 2.75) is 57.4 Å². The first-order valence-corrected chi connectivity index (χ1v) is 10.7. The second-order valence-corrected chi connectivity index (χ2v) is 9.28. The number of nitrogens with zero attached hydrogens (tertiary/aromatic N) is 1. The van der Waals surface area contributed by atoms with Crippen molar-refractivity contribution in [1.29, 1.82) is 0 Å². The molecule has 1 saturated heterocycles. The maximum atomic E-state index is 13.0. The largest absolute Gasteiger partial charge is 0.349 e. The van der Waals surface area contributed by atoms with Crippen LogP contribution in [0.5, 0.6) is 0 Å². The van der Waals surface area contributed by atoms with Gasteiger partial charge in [0, 0.05) is 24.7 Å². The zero-order valence-corrected chi connectivity index (χ0v) is 16.7. The van der Waals surface area contributed by atoms with Crippen LogP contribution in [0.1, 0.15) is 56.8 Å². The summed E-state index contributed by atoms with van der Waals surface area (Å²) in [6.45, 7) is 6.95. The van der Waals surface area contributed by atoms with E-state index in [1.807, 2.05) is 20.8 Å². The number of amides is 1. The van der Waals surface area contributed by atoms with Crippen molar-refractivity contribution in [1.82, 2.24) is 9.62 Å². The Labute approximate surface area is 155 Å². The number of carbonyl (C=O) groups excluding carboxylic acids is 1. The van der Waals surface area contributed by atoms with Crippen LogP contribution in [0.4, 0.5) is 0 Å². The van der Waals surface area contributed by atoms with Crippen molar-refractivity contribution in [2.24, 2.45) is 5.92 Å². The van der Waals surface area contributed by atoms with E-state index in [-0.39, 0.29) is 27.8 Å². The fraction of sp³-hybridized carbons (Fsp3) is 0.611. The van der Waals surface area contributed by atoms with Crippen molar-refractivity contribution >= 4 is 27.5 Å². The number of rotatable bonds is 5. The van der Waals surface area contributed by atoms with Gasteiger partial charge >= 0.3 is 0 Å². The summed E-state index contributed by atoms with van der Waals surface area (Å²) in [5.41, 5.74) is 0.310. The monoisotopic (exact) mass is 386 g/mol. The third-order valence-corrected chi connectivity index (χ3v) is 7.12. The molecule has 7 heteroatoms. The smallest absolute Gasteiger partial charge is 0.251 e. The van der Waals surface area contributed by atoms with Crippen LogP contribution >= 0.6 is 11.6 Å². The second kappa shape index (κ2) is 8.52. The fourth-order valence-corrected chi connectivity index (χ4v) is 4.74. The minimum atomic E-state index is -3.70. The van der Waals surface area contributed by atoms with Crippen LogP contribution in [-0.2, 0) is 10.0 Å². The zero-order chi connectivity index (χ0) is 18.6. The van der Waals surface area contributed by atoms with Crippen LogP contribution in [0.3, 0.4) is 0 Å². The maximum absolute atomic E-state index is 13.0. The molecule has 1 aromatic carbocycles. The van der Waals surface area contributed by atoms with Gasteiger partial charge in [0.05, 0.1) is 5.02 Å². The topological polar surface area (TPSA) is 66.5 Å². The molecule has 0 aromatic heterocycles. The summed E-state index contributed by atoms with van der Waals surface area (Å²) in [5, 5.41) is 3.04. The lowest BCUT2D eigenvalue weighted by atomic mass is 10.1. The highest BCUT2D eigenvalue weighted by atomic mass is 35.5. The molecule has 0 unspecified atom stereocenters. The Hall–Kier alpha value is -1.11. The number of nitrogens with one attached hydrogen (secondary N) is 1. The standard InChI is InChI=1S/C18H27ClN2O3S/c1-13(2)14(3)20-18(22)15-8-9-16(19)17(12-15)25(23,24)21-10-6-4-5-7-11-21/h8-9,12-14H,4-7,10-11H2,1-3H3,(H,20,22)/t14-/m0/s1. The zero-order valence-electron chi connectivity index (χ0n) is 15.1. The number of hydrogen-bond acceptors (Lipinski definition) is 3. The first-order chi connectivity index (χ1) is 11.7. The van der Waals surface area contributed by atoms with E-state index in [1.54, 1.807) is 6.07 Å². The minimum absolute atomic E-state index is 0.00570. The second-order valence-electron chi connectivity index (χ2n) is 6.97. The van der Waals surface area contributed by atoms with Crippen LogP contribution in [0.2, 0.25) is 5.02 Å². The van der Waals surface area contributed by atoms with Gasteiger partial charge in [-0.05, 0) is 43.9 Å². The molecule has 5 nitrogen and oxygen atoms in total. The SMILES string of the molecule is CC(C)[C@H](C)NC(=O)c1ccc(Cl)c(S(=O)(=O)N2CCCCCC2)c1. The molecule has 1 N–H and O–H groups in total. The Morgan fingerprint density at radius 1 is 1.12 bits per heavy atom. The summed E-state index contributed by atoms with van der Waals surface area (Å²) in [7, 11) is -3.70. The molecule has 25 heavy (non-hydrogen) atoms. The molecule has 0 saturated carbocycles. The highest BCUT2D eigenvalue weighted by Crippen LogP contribution is 2.27. The van der Waals surface area contributed by atoms with Gasteiger partial charge in [-0.1, -0.05) is 38.3 Å². The van der Waals surface area contributed by atoms with Gasteiger partial charge in [0.15, 0.2) is 0 Å². The van der Waals surface area contributed by atoms with Crippen LogP contribution in [0.15, 0.2) is 23.1 Å². The van der Waals surface area contributed by atoms with E-state index in [0.717, 1.165) is 25.7 Å². The predicted molar refractivity (Wildman–Crippen MR) is 100 cm³/mol. The molecule has 2 rings (SSSR count). The lowest BCUT2D eigenvalue weighted by Crippen LogP contribution is -2.36. The molecular weight excluding hydrogens is 360 g/mol. The van der Waals surface area contributed by atoms with Crippen molar-refractivity contribution in [2.75, 3.05) is 13.1 Å². The molecule has 0 radical (unpaired) electrons. The Morgan fingerprint density at radius 2 is 1.72 bits per heavy atom. The number of halogens is 1. The maximum Gasteiger partial charge on any atom is 0.251 e. The highest BCUT2D eigenvalue weighted by Gasteiger charge is 2.28. The highest BCUT2D eigenvalue weighted by molar-refractivity contribution is 7.89. The average molecular weight is 387 g/mol. The van der Waals surface area contributed by atoms with Gasteiger partial charge in [0.25, 0.3) is 5.91 Å². The first kappa shape index (κ1) is 20.2. The van der Waals surface area contributed by atoms with Gasteiger partial charge in [-0.25, -0.2) is 8.42 Å². The van der Waals surface area contributed by atoms with E-state index >= 15 is 0 Å². The van der Waals surface area contributed by atoms with Crippen LogP contribution < -0.4 is 5.32 Å². The molecule has 1 atom stereocenters. The number of benzene rings is 1. The summed E-state index contributed by atoms with van der Waals surface area (Å²) in [6, 6.07) is 4.44. The number of carbonyl (C=O) groups is 1. The quantitative estimate of drug-likeness (QED) is 0.839. The Kier molecular flexibility index (Phi) is 6.88. The molecular formula is C18H27ClN2O3S. The number of sulfonamides is 1. The lowest BCUT2D eigenvalue weighted by Gasteiger charge is -2.21. The first-order valence-electron chi connectivity index (χ1n) is 8.84. The fourth-order valence-electron chi connectivity index (χ4n) is 2.72. The van der Waals surface area contributed by atoms with Crippen molar-refractivity contribution in [3.63, 3.8) is 0 Å². The summed E-state index contributed by atoms with van der Waals surface area (Å²) < 4.78 is 27.4. The summed E-state index contributed by atoms with van der Waals surface area (Å²) >= 11 is 6.16. The molecule has 1 aromatic rings. The van der Waals surface area contributed by atoms with Crippen molar-refractivity contribution in [3.8, 4) is 0 Å². The third-order valence-electron chi connectivity index (χ3n) is 4.74. The van der Waals surface area contributed by atoms with Gasteiger partial charge < -0.3 is 5.32 Å². The molecule has 0 spiro atoms. The molecule has 1 aliphatic rings. The number of hydrogen-bond donors (Lipinski definition) is 1. The molecule has 1 fully saturated rings. The van der Waals surface area contributed by atoms with Gasteiger partial charge in [0.2, 0.25) is 10.0 Å². The third kappa shape index (κ3) is 4.96. The molecule has 1 aliphatic heterocycles. The van der Waals surface area contributed by atoms with Crippen LogP contribution in [0.25, 0.3) is 0 Å². The molecule has 140 valence electrons. The normalized spacial score (nSPS) is 18.0. The average Bonchev–Trinajstić information content (AvgIpc) is 2.84. The van der Waals surface area contributed by atoms with E-state index in [4.69, 9.17) is 11.6 Å². The molecule has 1 amide bonds. The van der Waals surface area contributed by atoms with Gasteiger partial charge in [-0.3, -0.25) is 4.79 Å². The van der Waals surface area contributed by atoms with Gasteiger partial charge in [-0.2, -0.15) is 4.31 Å². The Balaban J connectivity index is 2.30. The summed E-state index contributed by atoms with van der Waals surface area (Å²) in [4.78, 5) is 12.4. The lowest BCUT2D eigenvalue weighted by molar-refractivity contribution is 0.0930. The van der Waals surface area contributed by atoms with Crippen LogP contribution in [0, 0.1) is 5.92 Å². The predicted octanol–water partition coefficient (Wildman–Crippen LogP) is 3.68.